The van der Waals surface area contributed by atoms with E-state index in [0.717, 1.165) is 17.0 Å². The summed E-state index contributed by atoms with van der Waals surface area (Å²) in [6.45, 7) is 0.698. The fourth-order valence-corrected chi connectivity index (χ4v) is 2.09. The summed E-state index contributed by atoms with van der Waals surface area (Å²) in [5.41, 5.74) is 1.96. The number of rotatable bonds is 2. The molecule has 0 aromatic heterocycles. The van der Waals surface area contributed by atoms with Crippen molar-refractivity contribution >= 4 is 11.6 Å². The lowest BCUT2D eigenvalue weighted by Gasteiger charge is -2.29. The first-order chi connectivity index (χ1) is 8.84. The number of fused-ring (bicyclic) bond motifs is 1. The molecular formula is C15H13NO2. The van der Waals surface area contributed by atoms with Crippen LogP contribution in [0.25, 0.3) is 0 Å². The molecule has 0 bridgehead atoms. The van der Waals surface area contributed by atoms with Crippen LogP contribution < -0.4 is 9.64 Å². The maximum atomic E-state index is 12.0. The lowest BCUT2D eigenvalue weighted by molar-refractivity contribution is -0.121. The lowest BCUT2D eigenvalue weighted by atomic mass is 10.1. The van der Waals surface area contributed by atoms with Gasteiger partial charge in [0.2, 0.25) is 0 Å². The molecule has 1 heterocycles. The van der Waals surface area contributed by atoms with Gasteiger partial charge in [0.15, 0.2) is 6.61 Å². The van der Waals surface area contributed by atoms with Crippen molar-refractivity contribution in [2.75, 3.05) is 11.5 Å². The van der Waals surface area contributed by atoms with Crippen molar-refractivity contribution in [1.29, 1.82) is 0 Å². The van der Waals surface area contributed by atoms with E-state index < -0.39 is 0 Å². The van der Waals surface area contributed by atoms with Crippen molar-refractivity contribution in [3.05, 3.63) is 60.2 Å². The molecule has 0 N–H and O–H groups in total. The molecule has 1 aliphatic rings. The zero-order chi connectivity index (χ0) is 12.4. The molecule has 3 nitrogen and oxygen atoms in total. The number of carbonyl (C=O) groups is 1. The van der Waals surface area contributed by atoms with Crippen LogP contribution >= 0.6 is 0 Å². The van der Waals surface area contributed by atoms with Crippen molar-refractivity contribution in [3.63, 3.8) is 0 Å². The summed E-state index contributed by atoms with van der Waals surface area (Å²) < 4.78 is 5.41. The monoisotopic (exact) mass is 239 g/mol. The Morgan fingerprint density at radius 2 is 1.72 bits per heavy atom. The van der Waals surface area contributed by atoms with Crippen LogP contribution in [0.4, 0.5) is 5.69 Å². The number of para-hydroxylation sites is 2. The Morgan fingerprint density at radius 3 is 2.56 bits per heavy atom. The first kappa shape index (κ1) is 10.8. The summed E-state index contributed by atoms with van der Waals surface area (Å²) in [5, 5.41) is 0. The Kier molecular flexibility index (Phi) is 2.73. The van der Waals surface area contributed by atoms with Crippen molar-refractivity contribution in [3.8, 4) is 5.75 Å². The van der Waals surface area contributed by atoms with E-state index in [0.29, 0.717) is 6.54 Å². The molecule has 0 spiro atoms. The van der Waals surface area contributed by atoms with Gasteiger partial charge in [-0.15, -0.1) is 0 Å². The topological polar surface area (TPSA) is 29.5 Å². The van der Waals surface area contributed by atoms with Crippen molar-refractivity contribution in [2.24, 2.45) is 0 Å². The minimum Gasteiger partial charge on any atom is -0.482 e. The molecule has 0 unspecified atom stereocenters. The van der Waals surface area contributed by atoms with E-state index in [4.69, 9.17) is 4.74 Å². The van der Waals surface area contributed by atoms with Gasteiger partial charge in [-0.3, -0.25) is 4.79 Å². The van der Waals surface area contributed by atoms with Gasteiger partial charge >= 0.3 is 0 Å². The smallest absolute Gasteiger partial charge is 0.265 e. The molecule has 2 aromatic rings. The fraction of sp³-hybridized carbons (Fsp3) is 0.133. The molecule has 18 heavy (non-hydrogen) atoms. The Balaban J connectivity index is 1.94. The van der Waals surface area contributed by atoms with E-state index in [9.17, 15) is 4.79 Å². The number of ether oxygens (including phenoxy) is 1. The van der Waals surface area contributed by atoms with Crippen LogP contribution in [0.2, 0.25) is 0 Å². The zero-order valence-electron chi connectivity index (χ0n) is 9.87. The Bertz CT molecular complexity index is 566. The Hall–Kier alpha value is -2.29. The summed E-state index contributed by atoms with van der Waals surface area (Å²) in [4.78, 5) is 13.7. The SMILES string of the molecule is O=C1COc2ccccc2N1Cc1ccccc1. The van der Waals surface area contributed by atoms with Gasteiger partial charge < -0.3 is 9.64 Å². The average Bonchev–Trinajstić information content (AvgIpc) is 2.43. The second-order valence-corrected chi connectivity index (χ2v) is 4.22. The average molecular weight is 239 g/mol. The third kappa shape index (κ3) is 1.95. The van der Waals surface area contributed by atoms with Gasteiger partial charge in [-0.25, -0.2) is 0 Å². The van der Waals surface area contributed by atoms with Crippen molar-refractivity contribution in [1.82, 2.24) is 0 Å². The molecule has 1 aliphatic heterocycles. The first-order valence-corrected chi connectivity index (χ1v) is 5.91. The minimum absolute atomic E-state index is 0.00227. The highest BCUT2D eigenvalue weighted by Gasteiger charge is 2.24. The second kappa shape index (κ2) is 4.53. The van der Waals surface area contributed by atoms with Crippen LogP contribution in [0, 0.1) is 0 Å². The fourth-order valence-electron chi connectivity index (χ4n) is 2.09. The highest BCUT2D eigenvalue weighted by molar-refractivity contribution is 5.97. The minimum atomic E-state index is -0.00227. The standard InChI is InChI=1S/C15H13NO2/c17-15-11-18-14-9-5-4-8-13(14)16(15)10-12-6-2-1-3-7-12/h1-9H,10-11H2. The van der Waals surface area contributed by atoms with Crippen LogP contribution in [0.3, 0.4) is 0 Å². The largest absolute Gasteiger partial charge is 0.482 e. The normalized spacial score (nSPS) is 14.0. The summed E-state index contributed by atoms with van der Waals surface area (Å²) >= 11 is 0. The molecule has 0 fully saturated rings. The van der Waals surface area contributed by atoms with Gasteiger partial charge in [-0.1, -0.05) is 42.5 Å². The molecule has 0 atom stereocenters. The van der Waals surface area contributed by atoms with Gasteiger partial charge in [0.05, 0.1) is 12.2 Å². The lowest BCUT2D eigenvalue weighted by Crippen LogP contribution is -2.38. The highest BCUT2D eigenvalue weighted by Crippen LogP contribution is 2.32. The van der Waals surface area contributed by atoms with E-state index in [1.54, 1.807) is 4.90 Å². The first-order valence-electron chi connectivity index (χ1n) is 5.91. The van der Waals surface area contributed by atoms with Crippen LogP contribution in [0.1, 0.15) is 5.56 Å². The second-order valence-electron chi connectivity index (χ2n) is 4.22. The molecular weight excluding hydrogens is 226 g/mol. The zero-order valence-corrected chi connectivity index (χ0v) is 9.87. The molecule has 0 saturated carbocycles. The van der Waals surface area contributed by atoms with Gasteiger partial charge in [0, 0.05) is 0 Å². The van der Waals surface area contributed by atoms with Gasteiger partial charge in [-0.05, 0) is 17.7 Å². The third-order valence-corrected chi connectivity index (χ3v) is 2.99. The molecule has 0 radical (unpaired) electrons. The Morgan fingerprint density at radius 1 is 1.00 bits per heavy atom. The van der Waals surface area contributed by atoms with Crippen LogP contribution in [-0.2, 0) is 11.3 Å². The summed E-state index contributed by atoms with van der Waals surface area (Å²) in [5.74, 6) is 0.769. The summed E-state index contributed by atoms with van der Waals surface area (Å²) in [6.07, 6.45) is 0. The quantitative estimate of drug-likeness (QED) is 0.806. The highest BCUT2D eigenvalue weighted by atomic mass is 16.5. The van der Waals surface area contributed by atoms with E-state index in [1.165, 1.54) is 0 Å². The molecule has 3 rings (SSSR count). The van der Waals surface area contributed by atoms with E-state index >= 15 is 0 Å². The Labute approximate surface area is 106 Å². The number of hydrogen-bond acceptors (Lipinski definition) is 2. The molecule has 90 valence electrons. The van der Waals surface area contributed by atoms with Gasteiger partial charge in [0.1, 0.15) is 5.75 Å². The molecule has 0 aliphatic carbocycles. The molecule has 2 aromatic carbocycles. The van der Waals surface area contributed by atoms with Crippen molar-refractivity contribution in [2.45, 2.75) is 6.54 Å². The predicted molar refractivity (Wildman–Crippen MR) is 69.6 cm³/mol. The molecule has 0 saturated heterocycles. The van der Waals surface area contributed by atoms with E-state index in [-0.39, 0.29) is 12.5 Å². The van der Waals surface area contributed by atoms with E-state index in [1.807, 2.05) is 54.6 Å². The summed E-state index contributed by atoms with van der Waals surface area (Å²) in [7, 11) is 0. The number of anilines is 1. The molecule has 1 amide bonds. The van der Waals surface area contributed by atoms with Crippen LogP contribution in [0.5, 0.6) is 5.75 Å². The predicted octanol–water partition coefficient (Wildman–Crippen LogP) is 2.61. The number of nitrogens with zero attached hydrogens (tertiary/aromatic N) is 1. The summed E-state index contributed by atoms with van der Waals surface area (Å²) in [6, 6.07) is 17.6. The van der Waals surface area contributed by atoms with Crippen LogP contribution in [0.15, 0.2) is 54.6 Å². The van der Waals surface area contributed by atoms with Gasteiger partial charge in [0.25, 0.3) is 5.91 Å². The number of hydrogen-bond donors (Lipinski definition) is 0. The van der Waals surface area contributed by atoms with E-state index in [2.05, 4.69) is 0 Å². The number of carbonyl (C=O) groups excluding carboxylic acids is 1. The van der Waals surface area contributed by atoms with Crippen molar-refractivity contribution < 1.29 is 9.53 Å². The maximum Gasteiger partial charge on any atom is 0.265 e. The number of amides is 1. The van der Waals surface area contributed by atoms with Crippen LogP contribution in [-0.4, -0.2) is 12.5 Å². The maximum absolute atomic E-state index is 12.0. The third-order valence-electron chi connectivity index (χ3n) is 2.99. The van der Waals surface area contributed by atoms with Gasteiger partial charge in [-0.2, -0.15) is 0 Å². The molecule has 3 heteroatoms. The number of benzene rings is 2.